The molecule has 0 unspecified atom stereocenters. The van der Waals surface area contributed by atoms with Crippen LogP contribution in [-0.4, -0.2) is 19.3 Å². The Hall–Kier alpha value is -0.450. The highest BCUT2D eigenvalue weighted by Gasteiger charge is 2.09. The Morgan fingerprint density at radius 2 is 2.00 bits per heavy atom. The molecule has 1 aromatic carbocycles. The summed E-state index contributed by atoms with van der Waals surface area (Å²) in [4.78, 5) is 0. The summed E-state index contributed by atoms with van der Waals surface area (Å²) in [5.74, 6) is -0.121. The van der Waals surface area contributed by atoms with Crippen LogP contribution in [0.5, 0.6) is 5.75 Å². The minimum atomic E-state index is -3.49. The van der Waals surface area contributed by atoms with E-state index in [4.69, 9.17) is 22.3 Å². The number of rotatable bonds is 3. The molecule has 1 N–H and O–H groups in total. The van der Waals surface area contributed by atoms with Crippen LogP contribution in [-0.2, 0) is 15.5 Å². The van der Waals surface area contributed by atoms with Crippen LogP contribution >= 0.6 is 22.3 Å². The molecule has 3 nitrogen and oxygen atoms in total. The summed E-state index contributed by atoms with van der Waals surface area (Å²) in [6, 6.07) is 3.22. The van der Waals surface area contributed by atoms with Gasteiger partial charge in [0.2, 0.25) is 9.05 Å². The molecular formula is C9H10Cl2O3S. The van der Waals surface area contributed by atoms with Gasteiger partial charge in [0.15, 0.2) is 0 Å². The predicted molar refractivity (Wildman–Crippen MR) is 61.2 cm³/mol. The molecule has 84 valence electrons. The van der Waals surface area contributed by atoms with Crippen LogP contribution < -0.4 is 0 Å². The topological polar surface area (TPSA) is 54.4 Å². The Morgan fingerprint density at radius 3 is 2.47 bits per heavy atom. The third-order valence-corrected chi connectivity index (χ3v) is 3.39. The van der Waals surface area contributed by atoms with Gasteiger partial charge in [-0.2, -0.15) is 0 Å². The van der Waals surface area contributed by atoms with E-state index in [-0.39, 0.29) is 22.9 Å². The number of phenolic OH excluding ortho intramolecular Hbond substituents is 1. The summed E-state index contributed by atoms with van der Waals surface area (Å²) in [7, 11) is 1.59. The third kappa shape index (κ3) is 3.89. The summed E-state index contributed by atoms with van der Waals surface area (Å²) in [6.07, 6.45) is 0.284. The van der Waals surface area contributed by atoms with Crippen LogP contribution in [0.3, 0.4) is 0 Å². The monoisotopic (exact) mass is 268 g/mol. The molecule has 0 spiro atoms. The fraction of sp³-hybridized carbons (Fsp3) is 0.333. The SMILES string of the molecule is Cc1cc(CCS(=O)(=O)Cl)cc(Cl)c1O. The van der Waals surface area contributed by atoms with Crippen LogP contribution in [0.2, 0.25) is 5.02 Å². The molecule has 0 radical (unpaired) electrons. The molecule has 0 aromatic heterocycles. The maximum Gasteiger partial charge on any atom is 0.232 e. The Morgan fingerprint density at radius 1 is 1.40 bits per heavy atom. The number of aromatic hydroxyl groups is 1. The molecular weight excluding hydrogens is 259 g/mol. The van der Waals surface area contributed by atoms with Crippen molar-refractivity contribution < 1.29 is 13.5 Å². The predicted octanol–water partition coefficient (Wildman–Crippen LogP) is 2.47. The molecule has 0 aliphatic rings. The summed E-state index contributed by atoms with van der Waals surface area (Å²) in [6.45, 7) is 1.69. The zero-order valence-corrected chi connectivity index (χ0v) is 10.3. The molecule has 0 atom stereocenters. The molecule has 6 heteroatoms. The minimum Gasteiger partial charge on any atom is -0.506 e. The highest BCUT2D eigenvalue weighted by Crippen LogP contribution is 2.28. The first-order chi connectivity index (χ1) is 6.79. The fourth-order valence-electron chi connectivity index (χ4n) is 1.19. The average Bonchev–Trinajstić information content (AvgIpc) is 2.09. The molecule has 0 saturated heterocycles. The van der Waals surface area contributed by atoms with Gasteiger partial charge in [-0.25, -0.2) is 8.42 Å². The van der Waals surface area contributed by atoms with E-state index in [2.05, 4.69) is 0 Å². The van der Waals surface area contributed by atoms with Gasteiger partial charge in [-0.1, -0.05) is 17.7 Å². The number of phenols is 1. The lowest BCUT2D eigenvalue weighted by atomic mass is 10.1. The molecule has 0 aliphatic heterocycles. The van der Waals surface area contributed by atoms with Crippen LogP contribution in [0.4, 0.5) is 0 Å². The summed E-state index contributed by atoms with van der Waals surface area (Å²) >= 11 is 5.74. The number of hydrogen-bond acceptors (Lipinski definition) is 3. The smallest absolute Gasteiger partial charge is 0.232 e. The van der Waals surface area contributed by atoms with Crippen molar-refractivity contribution in [3.63, 3.8) is 0 Å². The Kier molecular flexibility index (Phi) is 3.87. The van der Waals surface area contributed by atoms with Crippen molar-refractivity contribution in [1.82, 2.24) is 0 Å². The van der Waals surface area contributed by atoms with Gasteiger partial charge in [0.1, 0.15) is 5.75 Å². The van der Waals surface area contributed by atoms with E-state index >= 15 is 0 Å². The zero-order valence-electron chi connectivity index (χ0n) is 8.00. The van der Waals surface area contributed by atoms with Crippen molar-refractivity contribution in [1.29, 1.82) is 0 Å². The average molecular weight is 269 g/mol. The standard InChI is InChI=1S/C9H10Cl2O3S/c1-6-4-7(2-3-15(11,13)14)5-8(10)9(6)12/h4-5,12H,2-3H2,1H3. The Bertz CT molecular complexity index is 445. The molecule has 1 rings (SSSR count). The second-order valence-corrected chi connectivity index (χ2v) is 6.54. The lowest BCUT2D eigenvalue weighted by Crippen LogP contribution is -2.01. The second-order valence-electron chi connectivity index (χ2n) is 3.24. The van der Waals surface area contributed by atoms with E-state index in [1.165, 1.54) is 6.07 Å². The van der Waals surface area contributed by atoms with Crippen molar-refractivity contribution in [3.8, 4) is 5.75 Å². The number of halogens is 2. The summed E-state index contributed by atoms with van der Waals surface area (Å²) < 4.78 is 21.4. The van der Waals surface area contributed by atoms with Crippen molar-refractivity contribution in [2.75, 3.05) is 5.75 Å². The first-order valence-corrected chi connectivity index (χ1v) is 7.05. The summed E-state index contributed by atoms with van der Waals surface area (Å²) in [5, 5.41) is 9.60. The molecule has 0 amide bonds. The number of hydrogen-bond donors (Lipinski definition) is 1. The number of benzene rings is 1. The molecule has 0 bridgehead atoms. The van der Waals surface area contributed by atoms with Gasteiger partial charge >= 0.3 is 0 Å². The van der Waals surface area contributed by atoms with Gasteiger partial charge < -0.3 is 5.11 Å². The molecule has 0 aliphatic carbocycles. The zero-order chi connectivity index (χ0) is 11.6. The van der Waals surface area contributed by atoms with Gasteiger partial charge in [-0.05, 0) is 30.5 Å². The van der Waals surface area contributed by atoms with Crippen LogP contribution in [0, 0.1) is 6.92 Å². The molecule has 1 aromatic rings. The van der Waals surface area contributed by atoms with Gasteiger partial charge in [0, 0.05) is 10.7 Å². The van der Waals surface area contributed by atoms with E-state index in [1.807, 2.05) is 0 Å². The van der Waals surface area contributed by atoms with Crippen molar-refractivity contribution in [3.05, 3.63) is 28.3 Å². The highest BCUT2D eigenvalue weighted by atomic mass is 35.7. The van der Waals surface area contributed by atoms with Crippen molar-refractivity contribution in [2.24, 2.45) is 0 Å². The molecule has 0 fully saturated rings. The largest absolute Gasteiger partial charge is 0.506 e. The maximum atomic E-state index is 10.7. The van der Waals surface area contributed by atoms with Crippen molar-refractivity contribution in [2.45, 2.75) is 13.3 Å². The first-order valence-electron chi connectivity index (χ1n) is 4.20. The molecule has 15 heavy (non-hydrogen) atoms. The van der Waals surface area contributed by atoms with Gasteiger partial charge in [0.25, 0.3) is 0 Å². The van der Waals surface area contributed by atoms with Gasteiger partial charge in [-0.15, -0.1) is 0 Å². The Balaban J connectivity index is 2.89. The second kappa shape index (κ2) is 4.60. The van der Waals surface area contributed by atoms with E-state index in [0.29, 0.717) is 5.56 Å². The van der Waals surface area contributed by atoms with Crippen LogP contribution in [0.25, 0.3) is 0 Å². The van der Waals surface area contributed by atoms with E-state index in [1.54, 1.807) is 13.0 Å². The third-order valence-electron chi connectivity index (χ3n) is 1.95. The minimum absolute atomic E-state index is 0.0224. The van der Waals surface area contributed by atoms with Crippen molar-refractivity contribution >= 4 is 31.3 Å². The lowest BCUT2D eigenvalue weighted by molar-refractivity contribution is 0.471. The number of aryl methyl sites for hydroxylation is 2. The molecule has 0 heterocycles. The van der Waals surface area contributed by atoms with Crippen LogP contribution in [0.15, 0.2) is 12.1 Å². The summed E-state index contributed by atoms with van der Waals surface area (Å²) in [5.41, 5.74) is 1.35. The van der Waals surface area contributed by atoms with E-state index < -0.39 is 9.05 Å². The Labute approximate surface area is 98.1 Å². The normalized spacial score (nSPS) is 11.7. The highest BCUT2D eigenvalue weighted by molar-refractivity contribution is 8.13. The quantitative estimate of drug-likeness (QED) is 0.857. The van der Waals surface area contributed by atoms with Gasteiger partial charge in [-0.3, -0.25) is 0 Å². The van der Waals surface area contributed by atoms with Gasteiger partial charge in [0.05, 0.1) is 10.8 Å². The molecule has 0 saturated carbocycles. The lowest BCUT2D eigenvalue weighted by Gasteiger charge is -2.05. The maximum absolute atomic E-state index is 10.7. The fourth-order valence-corrected chi connectivity index (χ4v) is 2.19. The van der Waals surface area contributed by atoms with Crippen LogP contribution in [0.1, 0.15) is 11.1 Å². The first kappa shape index (κ1) is 12.6. The van der Waals surface area contributed by atoms with E-state index in [0.717, 1.165) is 5.56 Å². The van der Waals surface area contributed by atoms with E-state index in [9.17, 15) is 13.5 Å².